The van der Waals surface area contributed by atoms with Crippen LogP contribution in [-0.4, -0.2) is 6.04 Å². The van der Waals surface area contributed by atoms with Crippen LogP contribution in [0.3, 0.4) is 0 Å². The highest BCUT2D eigenvalue weighted by atomic mass is 15.2. The molecule has 0 heterocycles. The predicted molar refractivity (Wildman–Crippen MR) is 283 cm³/mol. The third kappa shape index (κ3) is 7.71. The zero-order valence-electron chi connectivity index (χ0n) is 37.8. The van der Waals surface area contributed by atoms with E-state index < -0.39 is 5.41 Å². The Labute approximate surface area is 395 Å². The highest BCUT2D eigenvalue weighted by molar-refractivity contribution is 5.95. The molecule has 0 N–H and O–H groups in total. The number of anilines is 5. The highest BCUT2D eigenvalue weighted by Crippen LogP contribution is 2.59. The van der Waals surface area contributed by atoms with Crippen LogP contribution < -0.4 is 9.80 Å². The molecular weight excluding hydrogens is 809 g/mol. The maximum absolute atomic E-state index is 4.07. The van der Waals surface area contributed by atoms with Crippen LogP contribution in [0.15, 0.2) is 267 Å². The SMILES string of the molecule is C=Cc1ccc(C2(c3ccccc3)C3=CC(N(c4ccccc4)c4ccc(-c5ccc(N(c6ccccc6)c6cccc(Cc7ccccc7)c6)cc5)cc4)C(C)C=C3c3ccccc32)cc1. The third-order valence-corrected chi connectivity index (χ3v) is 13.8. The lowest BCUT2D eigenvalue weighted by atomic mass is 9.66. The number of fused-ring (bicyclic) bond motifs is 3. The average molecular weight is 861 g/mol. The van der Waals surface area contributed by atoms with E-state index in [-0.39, 0.29) is 12.0 Å². The first-order valence-corrected chi connectivity index (χ1v) is 23.4. The monoisotopic (exact) mass is 860 g/mol. The van der Waals surface area contributed by atoms with E-state index in [0.29, 0.717) is 0 Å². The number of para-hydroxylation sites is 2. The second-order valence-corrected chi connectivity index (χ2v) is 17.8. The summed E-state index contributed by atoms with van der Waals surface area (Å²) in [6, 6.07) is 88.6. The Balaban J connectivity index is 0.960. The molecule has 2 aliphatic carbocycles. The van der Waals surface area contributed by atoms with Gasteiger partial charge in [0, 0.05) is 28.4 Å². The highest BCUT2D eigenvalue weighted by Gasteiger charge is 2.50. The molecule has 0 radical (unpaired) electrons. The van der Waals surface area contributed by atoms with Crippen LogP contribution in [0.25, 0.3) is 22.8 Å². The van der Waals surface area contributed by atoms with E-state index in [2.05, 4.69) is 278 Å². The normalized spacial score (nSPS) is 17.1. The Kier molecular flexibility index (Phi) is 11.1. The van der Waals surface area contributed by atoms with Crippen LogP contribution in [0.1, 0.15) is 45.9 Å². The zero-order valence-corrected chi connectivity index (χ0v) is 37.8. The fourth-order valence-electron chi connectivity index (χ4n) is 10.6. The molecule has 322 valence electrons. The Hall–Kier alpha value is -8.20. The number of benzene rings is 9. The number of allylic oxidation sites excluding steroid dienone is 2. The van der Waals surface area contributed by atoms with Gasteiger partial charge in [0.2, 0.25) is 0 Å². The molecule has 9 aromatic carbocycles. The number of hydrogen-bond acceptors (Lipinski definition) is 2. The van der Waals surface area contributed by atoms with Gasteiger partial charge in [-0.2, -0.15) is 0 Å². The van der Waals surface area contributed by atoms with Gasteiger partial charge in [-0.05, 0) is 134 Å². The lowest BCUT2D eigenvalue weighted by Gasteiger charge is -2.41. The summed E-state index contributed by atoms with van der Waals surface area (Å²) >= 11 is 0. The predicted octanol–water partition coefficient (Wildman–Crippen LogP) is 16.6. The molecule has 0 saturated heterocycles. The van der Waals surface area contributed by atoms with Crippen molar-refractivity contribution in [2.24, 2.45) is 5.92 Å². The first-order valence-electron chi connectivity index (χ1n) is 23.4. The fraction of sp³-hybridized carbons (Fsp3) is 0.0769. The molecule has 0 aliphatic heterocycles. The minimum atomic E-state index is -0.499. The Morgan fingerprint density at radius 1 is 0.463 bits per heavy atom. The van der Waals surface area contributed by atoms with Crippen LogP contribution in [0.4, 0.5) is 28.4 Å². The zero-order chi connectivity index (χ0) is 45.2. The molecule has 9 aromatic rings. The fourth-order valence-corrected chi connectivity index (χ4v) is 10.6. The first kappa shape index (κ1) is 41.5. The van der Waals surface area contributed by atoms with Crippen LogP contribution in [0.2, 0.25) is 0 Å². The summed E-state index contributed by atoms with van der Waals surface area (Å²) in [6.07, 6.45) is 7.93. The molecule has 11 rings (SSSR count). The summed E-state index contributed by atoms with van der Waals surface area (Å²) < 4.78 is 0. The molecule has 0 bridgehead atoms. The molecule has 0 amide bonds. The maximum atomic E-state index is 4.07. The number of nitrogens with zero attached hydrogens (tertiary/aromatic N) is 2. The quantitative estimate of drug-likeness (QED) is 0.121. The van der Waals surface area contributed by atoms with Gasteiger partial charge in [0.1, 0.15) is 0 Å². The van der Waals surface area contributed by atoms with Gasteiger partial charge >= 0.3 is 0 Å². The number of hydrogen-bond donors (Lipinski definition) is 0. The Morgan fingerprint density at radius 2 is 0.970 bits per heavy atom. The van der Waals surface area contributed by atoms with Crippen molar-refractivity contribution in [1.29, 1.82) is 0 Å². The van der Waals surface area contributed by atoms with Crippen molar-refractivity contribution in [3.05, 3.63) is 306 Å². The Morgan fingerprint density at radius 3 is 1.63 bits per heavy atom. The second kappa shape index (κ2) is 18.0. The summed E-state index contributed by atoms with van der Waals surface area (Å²) in [7, 11) is 0. The van der Waals surface area contributed by atoms with Gasteiger partial charge in [0.15, 0.2) is 0 Å². The van der Waals surface area contributed by atoms with E-state index in [1.807, 2.05) is 6.08 Å². The van der Waals surface area contributed by atoms with Gasteiger partial charge in [-0.1, -0.05) is 214 Å². The summed E-state index contributed by atoms with van der Waals surface area (Å²) in [5, 5.41) is 0. The van der Waals surface area contributed by atoms with Gasteiger partial charge < -0.3 is 9.80 Å². The lowest BCUT2D eigenvalue weighted by Crippen LogP contribution is -2.38. The van der Waals surface area contributed by atoms with Crippen molar-refractivity contribution in [3.63, 3.8) is 0 Å². The van der Waals surface area contributed by atoms with E-state index in [0.717, 1.165) is 40.4 Å². The summed E-state index contributed by atoms with van der Waals surface area (Å²) in [6.45, 7) is 6.44. The molecule has 3 unspecified atom stereocenters. The largest absolute Gasteiger partial charge is 0.334 e. The number of rotatable bonds is 12. The standard InChI is InChI=1S/C65H52N2/c1-3-48-31-37-54(38-32-48)65(53-22-10-5-11-23-53)62-30-17-16-29-60(62)61-43-47(2)64(46-63(61)65)67(56-26-14-7-15-27-56)58-41-35-52(36-42-58)51-33-39-57(40-34-51)66(55-24-12-6-13-25-55)59-28-18-21-50(45-59)44-49-19-8-4-9-20-49/h3-43,45-47,64H,1,44H2,2H3. The second-order valence-electron chi connectivity index (χ2n) is 17.8. The van der Waals surface area contributed by atoms with Crippen molar-refractivity contribution < 1.29 is 0 Å². The van der Waals surface area contributed by atoms with Gasteiger partial charge in [-0.15, -0.1) is 0 Å². The molecule has 2 aliphatic rings. The van der Waals surface area contributed by atoms with E-state index in [1.54, 1.807) is 0 Å². The van der Waals surface area contributed by atoms with E-state index in [9.17, 15) is 0 Å². The van der Waals surface area contributed by atoms with Crippen molar-refractivity contribution in [2.45, 2.75) is 24.8 Å². The van der Waals surface area contributed by atoms with Crippen molar-refractivity contribution in [1.82, 2.24) is 0 Å². The van der Waals surface area contributed by atoms with Crippen LogP contribution in [-0.2, 0) is 11.8 Å². The summed E-state index contributed by atoms with van der Waals surface area (Å²) in [4.78, 5) is 4.89. The molecule has 3 atom stereocenters. The molecule has 2 heteroatoms. The molecule has 0 spiro atoms. The van der Waals surface area contributed by atoms with Crippen LogP contribution in [0.5, 0.6) is 0 Å². The smallest absolute Gasteiger partial charge is 0.0711 e. The molecular formula is C65H52N2. The van der Waals surface area contributed by atoms with Crippen molar-refractivity contribution in [2.75, 3.05) is 9.80 Å². The Bertz CT molecular complexity index is 3210. The third-order valence-electron chi connectivity index (χ3n) is 13.8. The summed E-state index contributed by atoms with van der Waals surface area (Å²) in [5.74, 6) is 0.209. The first-order chi connectivity index (χ1) is 33.1. The van der Waals surface area contributed by atoms with Gasteiger partial charge in [0.25, 0.3) is 0 Å². The van der Waals surface area contributed by atoms with Gasteiger partial charge in [-0.25, -0.2) is 0 Å². The van der Waals surface area contributed by atoms with Crippen molar-refractivity contribution in [3.8, 4) is 11.1 Å². The van der Waals surface area contributed by atoms with Gasteiger partial charge in [-0.3, -0.25) is 0 Å². The molecule has 0 saturated carbocycles. The van der Waals surface area contributed by atoms with Crippen molar-refractivity contribution >= 4 is 40.1 Å². The van der Waals surface area contributed by atoms with Gasteiger partial charge in [0.05, 0.1) is 11.5 Å². The van der Waals surface area contributed by atoms with Crippen LogP contribution >= 0.6 is 0 Å². The molecule has 67 heavy (non-hydrogen) atoms. The van der Waals surface area contributed by atoms with E-state index in [4.69, 9.17) is 0 Å². The average Bonchev–Trinajstić information content (AvgIpc) is 3.68. The minimum absolute atomic E-state index is 0.0336. The lowest BCUT2D eigenvalue weighted by molar-refractivity contribution is 0.599. The molecule has 0 fully saturated rings. The minimum Gasteiger partial charge on any atom is -0.334 e. The summed E-state index contributed by atoms with van der Waals surface area (Å²) in [5.41, 5.74) is 19.0. The van der Waals surface area contributed by atoms with E-state index >= 15 is 0 Å². The van der Waals surface area contributed by atoms with Crippen LogP contribution in [0, 0.1) is 5.92 Å². The topological polar surface area (TPSA) is 6.48 Å². The molecule has 2 nitrogen and oxygen atoms in total. The van der Waals surface area contributed by atoms with E-state index in [1.165, 1.54) is 55.7 Å². The molecule has 0 aromatic heterocycles. The maximum Gasteiger partial charge on any atom is 0.0711 e.